The topological polar surface area (TPSA) is 171 Å². The standard InChI is InChI=1S/C19H22N6O4S2/c1-25(6-7-26)9-12(27)22-11-5-3-4-10(8-11)15-13-14(20)16(17(21)28)30-18(13)24-19(23-15)31(2)29/h3-5,8,26H,6-7,9,20H2,1-2H3,(H2,21,28)(H,22,27). The number of nitrogens with one attached hydrogen (secondary N) is 1. The predicted octanol–water partition coefficient (Wildman–Crippen LogP) is 0.639. The van der Waals surface area contributed by atoms with Crippen LogP contribution in [0.4, 0.5) is 11.4 Å². The first-order chi connectivity index (χ1) is 14.7. The van der Waals surface area contributed by atoms with E-state index in [0.717, 1.165) is 11.3 Å². The molecule has 1 aromatic carbocycles. The van der Waals surface area contributed by atoms with Crippen LogP contribution in [0.5, 0.6) is 0 Å². The van der Waals surface area contributed by atoms with Crippen molar-refractivity contribution in [3.8, 4) is 11.3 Å². The highest BCUT2D eigenvalue weighted by Gasteiger charge is 2.23. The van der Waals surface area contributed by atoms with Gasteiger partial charge in [-0.3, -0.25) is 14.5 Å². The number of nitrogens with two attached hydrogens (primary N) is 2. The number of aliphatic hydroxyl groups excluding tert-OH is 1. The fourth-order valence-corrected chi connectivity index (χ4v) is 4.41. The van der Waals surface area contributed by atoms with Crippen LogP contribution in [0.1, 0.15) is 9.67 Å². The molecule has 31 heavy (non-hydrogen) atoms. The molecule has 2 amide bonds. The minimum atomic E-state index is -1.47. The summed E-state index contributed by atoms with van der Waals surface area (Å²) < 4.78 is 12.1. The van der Waals surface area contributed by atoms with E-state index < -0.39 is 17.1 Å². The third kappa shape index (κ3) is 5.11. The highest BCUT2D eigenvalue weighted by atomic mass is 32.2. The van der Waals surface area contributed by atoms with Gasteiger partial charge in [-0.15, -0.1) is 11.3 Å². The number of amides is 2. The van der Waals surface area contributed by atoms with E-state index in [4.69, 9.17) is 16.6 Å². The third-order valence-corrected chi connectivity index (χ3v) is 6.17. The highest BCUT2D eigenvalue weighted by Crippen LogP contribution is 2.39. The lowest BCUT2D eigenvalue weighted by atomic mass is 10.1. The summed E-state index contributed by atoms with van der Waals surface area (Å²) in [6.45, 7) is 0.448. The van der Waals surface area contributed by atoms with Gasteiger partial charge in [0.2, 0.25) is 5.91 Å². The van der Waals surface area contributed by atoms with E-state index in [-0.39, 0.29) is 34.8 Å². The summed E-state index contributed by atoms with van der Waals surface area (Å²) in [7, 11) is 1.73. The SMILES string of the molecule is CN(CCO)CC(=O)Nc1cccc(-c2nc([S+](C)[O-])nc3sc(C(N)=O)c(N)c23)c1. The largest absolute Gasteiger partial charge is 0.609 e. The maximum Gasteiger partial charge on any atom is 0.344 e. The second kappa shape index (κ2) is 9.58. The average molecular weight is 463 g/mol. The van der Waals surface area contributed by atoms with Crippen LogP contribution < -0.4 is 16.8 Å². The molecule has 0 spiro atoms. The smallest absolute Gasteiger partial charge is 0.344 e. The number of hydrogen-bond acceptors (Lipinski definition) is 9. The van der Waals surface area contributed by atoms with Crippen molar-refractivity contribution in [1.82, 2.24) is 14.9 Å². The second-order valence-corrected chi connectivity index (χ2v) is 9.06. The van der Waals surface area contributed by atoms with E-state index in [1.54, 1.807) is 36.2 Å². The van der Waals surface area contributed by atoms with E-state index >= 15 is 0 Å². The Morgan fingerprint density at radius 3 is 2.74 bits per heavy atom. The minimum absolute atomic E-state index is 0.0422. The number of primary amides is 1. The van der Waals surface area contributed by atoms with Crippen molar-refractivity contribution in [1.29, 1.82) is 0 Å². The van der Waals surface area contributed by atoms with Crippen molar-refractivity contribution >= 4 is 55.9 Å². The summed E-state index contributed by atoms with van der Waals surface area (Å²) in [6.07, 6.45) is 1.45. The number of hydrogen-bond donors (Lipinski definition) is 4. The van der Waals surface area contributed by atoms with Crippen molar-refractivity contribution in [2.24, 2.45) is 5.73 Å². The normalized spacial score (nSPS) is 12.3. The lowest BCUT2D eigenvalue weighted by Gasteiger charge is -2.15. The Bertz CT molecular complexity index is 1130. The van der Waals surface area contributed by atoms with Crippen molar-refractivity contribution in [2.45, 2.75) is 5.16 Å². The van der Waals surface area contributed by atoms with Crippen LogP contribution in [-0.4, -0.2) is 69.3 Å². The minimum Gasteiger partial charge on any atom is -0.609 e. The number of rotatable bonds is 8. The van der Waals surface area contributed by atoms with Crippen LogP contribution >= 0.6 is 11.3 Å². The third-order valence-electron chi connectivity index (χ3n) is 4.36. The van der Waals surface area contributed by atoms with Gasteiger partial charge < -0.3 is 26.4 Å². The van der Waals surface area contributed by atoms with Gasteiger partial charge in [-0.25, -0.2) is 0 Å². The fraction of sp³-hybridized carbons (Fsp3) is 0.263. The first kappa shape index (κ1) is 22.9. The summed E-state index contributed by atoms with van der Waals surface area (Å²) in [6, 6.07) is 6.92. The monoisotopic (exact) mass is 462 g/mol. The summed E-state index contributed by atoms with van der Waals surface area (Å²) in [5.41, 5.74) is 13.3. The van der Waals surface area contributed by atoms with Crippen LogP contribution in [0.2, 0.25) is 0 Å². The van der Waals surface area contributed by atoms with Crippen molar-refractivity contribution in [3.05, 3.63) is 29.1 Å². The van der Waals surface area contributed by atoms with Gasteiger partial charge in [0.05, 0.1) is 29.9 Å². The lowest BCUT2D eigenvalue weighted by Crippen LogP contribution is -2.32. The van der Waals surface area contributed by atoms with Gasteiger partial charge in [0, 0.05) is 29.0 Å². The van der Waals surface area contributed by atoms with Gasteiger partial charge in [-0.1, -0.05) is 12.1 Å². The van der Waals surface area contributed by atoms with Crippen LogP contribution in [-0.2, 0) is 16.0 Å². The number of carbonyl (C=O) groups excluding carboxylic acids is 2. The number of likely N-dealkylation sites (N-methyl/N-ethyl adjacent to an activating group) is 1. The number of carbonyl (C=O) groups is 2. The zero-order chi connectivity index (χ0) is 22.7. The molecule has 164 valence electrons. The molecule has 0 aliphatic rings. The molecular weight excluding hydrogens is 440 g/mol. The number of nitrogen functional groups attached to an aromatic ring is 1. The molecule has 1 unspecified atom stereocenters. The van der Waals surface area contributed by atoms with Gasteiger partial charge in [0.25, 0.3) is 5.91 Å². The zero-order valence-corrected chi connectivity index (χ0v) is 18.5. The Balaban J connectivity index is 2.04. The predicted molar refractivity (Wildman–Crippen MR) is 121 cm³/mol. The molecule has 0 saturated heterocycles. The molecule has 0 bridgehead atoms. The Morgan fingerprint density at radius 1 is 1.35 bits per heavy atom. The van der Waals surface area contributed by atoms with E-state index in [1.165, 1.54) is 6.26 Å². The number of nitrogens with zero attached hydrogens (tertiary/aromatic N) is 3. The second-order valence-electron chi connectivity index (χ2n) is 6.79. The first-order valence-corrected chi connectivity index (χ1v) is 11.5. The van der Waals surface area contributed by atoms with Gasteiger partial charge in [-0.2, -0.15) is 9.97 Å². The Labute approximate surface area is 185 Å². The van der Waals surface area contributed by atoms with Gasteiger partial charge in [0.1, 0.15) is 16.0 Å². The number of fused-ring (bicyclic) bond motifs is 1. The molecule has 1 atom stereocenters. The van der Waals surface area contributed by atoms with Crippen LogP contribution in [0.25, 0.3) is 21.5 Å². The summed E-state index contributed by atoms with van der Waals surface area (Å²) >= 11 is -0.451. The first-order valence-electron chi connectivity index (χ1n) is 9.14. The average Bonchev–Trinajstić information content (AvgIpc) is 3.04. The van der Waals surface area contributed by atoms with Crippen LogP contribution in [0.15, 0.2) is 29.4 Å². The highest BCUT2D eigenvalue weighted by molar-refractivity contribution is 7.90. The molecule has 2 aromatic heterocycles. The number of aliphatic hydroxyl groups is 1. The quantitative estimate of drug-likeness (QED) is 0.279. The number of thiophene rings is 1. The molecule has 0 aliphatic heterocycles. The van der Waals surface area contributed by atoms with Crippen molar-refractivity contribution in [2.75, 3.05) is 44.1 Å². The Morgan fingerprint density at radius 2 is 2.10 bits per heavy atom. The fourth-order valence-electron chi connectivity index (χ4n) is 2.96. The molecule has 0 aliphatic carbocycles. The molecule has 0 fully saturated rings. The summed E-state index contributed by atoms with van der Waals surface area (Å²) in [4.78, 5) is 34.9. The molecule has 3 rings (SSSR count). The van der Waals surface area contributed by atoms with Crippen molar-refractivity contribution in [3.63, 3.8) is 0 Å². The van der Waals surface area contributed by atoms with E-state index in [2.05, 4.69) is 15.3 Å². The maximum absolute atomic E-state index is 12.3. The van der Waals surface area contributed by atoms with E-state index in [0.29, 0.717) is 33.7 Å². The van der Waals surface area contributed by atoms with Gasteiger partial charge in [-0.05, 0) is 19.2 Å². The molecule has 12 heteroatoms. The maximum atomic E-state index is 12.3. The Kier molecular flexibility index (Phi) is 7.08. The summed E-state index contributed by atoms with van der Waals surface area (Å²) in [5, 5.41) is 12.3. The number of aromatic nitrogens is 2. The van der Waals surface area contributed by atoms with Gasteiger partial charge >= 0.3 is 5.16 Å². The molecule has 10 nitrogen and oxygen atoms in total. The molecule has 0 saturated carbocycles. The van der Waals surface area contributed by atoms with Gasteiger partial charge in [0.15, 0.2) is 0 Å². The molecular formula is C19H22N6O4S2. The van der Waals surface area contributed by atoms with Crippen molar-refractivity contribution < 1.29 is 19.2 Å². The number of benzene rings is 1. The summed E-state index contributed by atoms with van der Waals surface area (Å²) in [5.74, 6) is -0.930. The van der Waals surface area contributed by atoms with Crippen LogP contribution in [0.3, 0.4) is 0 Å². The Hall–Kier alpha value is -2.77. The zero-order valence-electron chi connectivity index (χ0n) is 16.9. The molecule has 0 radical (unpaired) electrons. The lowest BCUT2D eigenvalue weighted by molar-refractivity contribution is -0.117. The molecule has 3 aromatic rings. The molecule has 6 N–H and O–H groups in total. The van der Waals surface area contributed by atoms with Crippen LogP contribution in [0, 0.1) is 0 Å². The number of anilines is 2. The molecule has 2 heterocycles. The van der Waals surface area contributed by atoms with E-state index in [1.807, 2.05) is 0 Å². The van der Waals surface area contributed by atoms with E-state index in [9.17, 15) is 14.1 Å².